The van der Waals surface area contributed by atoms with E-state index in [2.05, 4.69) is 0 Å². The molecule has 0 bridgehead atoms. The van der Waals surface area contributed by atoms with Crippen molar-refractivity contribution in [1.82, 2.24) is 0 Å². The fourth-order valence-electron chi connectivity index (χ4n) is 4.30. The van der Waals surface area contributed by atoms with Crippen LogP contribution in [0.3, 0.4) is 0 Å². The molecule has 208 valence electrons. The largest absolute Gasteiger partial charge is 0.504 e. The minimum atomic E-state index is -1.03. The van der Waals surface area contributed by atoms with Gasteiger partial charge in [0, 0.05) is 17.0 Å². The molecule has 4 aromatic rings. The summed E-state index contributed by atoms with van der Waals surface area (Å²) in [5, 5.41) is 30.2. The van der Waals surface area contributed by atoms with E-state index < -0.39 is 35.3 Å². The maximum Gasteiger partial charge on any atom is 0.338 e. The van der Waals surface area contributed by atoms with Gasteiger partial charge in [0.2, 0.25) is 17.2 Å². The maximum atomic E-state index is 12.8. The number of carbonyl (C=O) groups is 1. The zero-order chi connectivity index (χ0) is 28.6. The van der Waals surface area contributed by atoms with E-state index in [1.807, 2.05) is 0 Å². The molecule has 1 aromatic heterocycles. The van der Waals surface area contributed by atoms with E-state index in [0.717, 1.165) is 12.1 Å². The number of aromatic hydroxyl groups is 3. The predicted octanol–water partition coefficient (Wildman–Crippen LogP) is 3.67. The van der Waals surface area contributed by atoms with Gasteiger partial charge >= 0.3 is 11.6 Å². The lowest BCUT2D eigenvalue weighted by Crippen LogP contribution is -2.38. The highest BCUT2D eigenvalue weighted by Crippen LogP contribution is 2.51. The van der Waals surface area contributed by atoms with Crippen molar-refractivity contribution in [2.75, 3.05) is 27.9 Å². The zero-order valence-corrected chi connectivity index (χ0v) is 21.5. The quantitative estimate of drug-likeness (QED) is 0.173. The number of benzene rings is 3. The van der Waals surface area contributed by atoms with Gasteiger partial charge in [0.25, 0.3) is 0 Å². The topological polar surface area (TPSA) is 163 Å². The molecule has 40 heavy (non-hydrogen) atoms. The first-order valence-electron chi connectivity index (χ1n) is 11.9. The SMILES string of the molecule is COc1cc(C2Oc3c(OC)cc4ccc(=O)oc4c3OC2COC(=O)c2ccc(O)c(O)c2)cc(OC)c1O. The number of phenolic OH excluding ortho intramolecular Hbond substituents is 3. The van der Waals surface area contributed by atoms with Crippen molar-refractivity contribution in [2.45, 2.75) is 12.2 Å². The van der Waals surface area contributed by atoms with E-state index >= 15 is 0 Å². The third-order valence-corrected chi connectivity index (χ3v) is 6.28. The third kappa shape index (κ3) is 4.70. The molecule has 12 nitrogen and oxygen atoms in total. The highest BCUT2D eigenvalue weighted by Gasteiger charge is 2.39. The maximum absolute atomic E-state index is 12.8. The van der Waals surface area contributed by atoms with Crippen molar-refractivity contribution in [3.05, 3.63) is 70.1 Å². The second-order valence-electron chi connectivity index (χ2n) is 8.68. The molecule has 1 aliphatic rings. The summed E-state index contributed by atoms with van der Waals surface area (Å²) in [7, 11) is 4.18. The van der Waals surface area contributed by atoms with Crippen LogP contribution in [-0.2, 0) is 4.74 Å². The molecule has 0 fully saturated rings. The molecule has 1 aliphatic heterocycles. The minimum Gasteiger partial charge on any atom is -0.504 e. The molecular weight excluding hydrogens is 528 g/mol. The molecule has 3 N–H and O–H groups in total. The Balaban J connectivity index is 1.59. The molecule has 0 spiro atoms. The first kappa shape index (κ1) is 26.4. The van der Waals surface area contributed by atoms with Gasteiger partial charge in [-0.2, -0.15) is 0 Å². The number of esters is 1. The number of hydrogen-bond acceptors (Lipinski definition) is 12. The Bertz CT molecular complexity index is 1630. The van der Waals surface area contributed by atoms with Crippen LogP contribution < -0.4 is 29.3 Å². The Morgan fingerprint density at radius 2 is 1.52 bits per heavy atom. The number of hydrogen-bond donors (Lipinski definition) is 3. The Morgan fingerprint density at radius 3 is 2.17 bits per heavy atom. The summed E-state index contributed by atoms with van der Waals surface area (Å²) in [6.45, 7) is -0.369. The molecule has 0 aliphatic carbocycles. The average Bonchev–Trinajstić information content (AvgIpc) is 2.96. The fraction of sp³-hybridized carbons (Fsp3) is 0.214. The van der Waals surface area contributed by atoms with E-state index in [0.29, 0.717) is 10.9 Å². The molecule has 0 saturated carbocycles. The average molecular weight is 552 g/mol. The van der Waals surface area contributed by atoms with Crippen molar-refractivity contribution in [3.63, 3.8) is 0 Å². The molecule has 3 aromatic carbocycles. The number of rotatable bonds is 7. The molecule has 5 rings (SSSR count). The van der Waals surface area contributed by atoms with Gasteiger partial charge in [-0.1, -0.05) is 0 Å². The van der Waals surface area contributed by atoms with Crippen molar-refractivity contribution < 1.29 is 53.0 Å². The van der Waals surface area contributed by atoms with Gasteiger partial charge in [-0.3, -0.25) is 0 Å². The van der Waals surface area contributed by atoms with E-state index in [4.69, 9.17) is 32.8 Å². The second-order valence-corrected chi connectivity index (χ2v) is 8.68. The summed E-state index contributed by atoms with van der Waals surface area (Å²) in [5.41, 5.74) is -0.108. The van der Waals surface area contributed by atoms with E-state index in [-0.39, 0.29) is 52.3 Å². The van der Waals surface area contributed by atoms with E-state index in [9.17, 15) is 24.9 Å². The van der Waals surface area contributed by atoms with Gasteiger partial charge in [-0.15, -0.1) is 0 Å². The zero-order valence-electron chi connectivity index (χ0n) is 21.5. The van der Waals surface area contributed by atoms with Gasteiger partial charge in [0.15, 0.2) is 46.5 Å². The van der Waals surface area contributed by atoms with E-state index in [1.165, 1.54) is 45.6 Å². The van der Waals surface area contributed by atoms with Gasteiger partial charge in [0.1, 0.15) is 6.61 Å². The Kier molecular flexibility index (Phi) is 6.91. The first-order chi connectivity index (χ1) is 19.2. The molecule has 2 atom stereocenters. The highest BCUT2D eigenvalue weighted by atomic mass is 16.6. The Morgan fingerprint density at radius 1 is 0.825 bits per heavy atom. The molecule has 0 saturated heterocycles. The van der Waals surface area contributed by atoms with Crippen LogP contribution in [0.2, 0.25) is 0 Å². The lowest BCUT2D eigenvalue weighted by Gasteiger charge is -2.35. The molecular formula is C28H24O12. The van der Waals surface area contributed by atoms with Crippen LogP contribution >= 0.6 is 0 Å². The van der Waals surface area contributed by atoms with Crippen molar-refractivity contribution in [2.24, 2.45) is 0 Å². The summed E-state index contributed by atoms with van der Waals surface area (Å²) < 4.78 is 39.6. The minimum absolute atomic E-state index is 0.0185. The summed E-state index contributed by atoms with van der Waals surface area (Å²) in [4.78, 5) is 24.8. The summed E-state index contributed by atoms with van der Waals surface area (Å²) in [6.07, 6.45) is -2.00. The van der Waals surface area contributed by atoms with Gasteiger partial charge in [0.05, 0.1) is 26.9 Å². The van der Waals surface area contributed by atoms with Crippen LogP contribution in [0.15, 0.2) is 57.7 Å². The molecule has 12 heteroatoms. The van der Waals surface area contributed by atoms with Crippen LogP contribution in [0.4, 0.5) is 0 Å². The van der Waals surface area contributed by atoms with Crippen molar-refractivity contribution in [3.8, 4) is 46.0 Å². The number of fused-ring (bicyclic) bond motifs is 3. The standard InChI is InChI=1S/C28H24O12/c1-34-18-10-15(11-19(35-2)23(18)32)24-21(12-37-28(33)14-4-6-16(29)17(30)8-14)38-27-25-13(5-7-22(31)39-25)9-20(36-3)26(27)40-24/h4-11,21,24,29-30,32H,12H2,1-3H3. The summed E-state index contributed by atoms with van der Waals surface area (Å²) >= 11 is 0. The summed E-state index contributed by atoms with van der Waals surface area (Å²) in [6, 6.07) is 10.9. The fourth-order valence-corrected chi connectivity index (χ4v) is 4.30. The number of phenols is 3. The van der Waals surface area contributed by atoms with Gasteiger partial charge < -0.3 is 48.2 Å². The predicted molar refractivity (Wildman–Crippen MR) is 138 cm³/mol. The Labute approximate surface area is 226 Å². The number of methoxy groups -OCH3 is 3. The second kappa shape index (κ2) is 10.5. The van der Waals surface area contributed by atoms with Crippen molar-refractivity contribution >= 4 is 16.9 Å². The normalized spacial score (nSPS) is 15.9. The molecule has 0 radical (unpaired) electrons. The lowest BCUT2D eigenvalue weighted by molar-refractivity contribution is -0.0264. The lowest BCUT2D eigenvalue weighted by atomic mass is 10.0. The smallest absolute Gasteiger partial charge is 0.338 e. The molecule has 2 unspecified atom stereocenters. The van der Waals surface area contributed by atoms with Crippen LogP contribution in [-0.4, -0.2) is 55.3 Å². The monoisotopic (exact) mass is 552 g/mol. The van der Waals surface area contributed by atoms with Crippen LogP contribution in [0.25, 0.3) is 11.0 Å². The van der Waals surface area contributed by atoms with Crippen LogP contribution in [0.1, 0.15) is 22.0 Å². The third-order valence-electron chi connectivity index (χ3n) is 6.28. The van der Waals surface area contributed by atoms with Gasteiger partial charge in [-0.05, 0) is 42.5 Å². The van der Waals surface area contributed by atoms with Crippen LogP contribution in [0.5, 0.6) is 46.0 Å². The van der Waals surface area contributed by atoms with Crippen molar-refractivity contribution in [1.29, 1.82) is 0 Å². The number of ether oxygens (including phenoxy) is 6. The number of carbonyl (C=O) groups excluding carboxylic acids is 1. The molecule has 2 heterocycles. The molecule has 0 amide bonds. The Hall–Kier alpha value is -5.26. The van der Waals surface area contributed by atoms with Gasteiger partial charge in [-0.25, -0.2) is 9.59 Å². The van der Waals surface area contributed by atoms with Crippen LogP contribution in [0, 0.1) is 0 Å². The first-order valence-corrected chi connectivity index (χ1v) is 11.9. The van der Waals surface area contributed by atoms with E-state index in [1.54, 1.807) is 12.1 Å². The summed E-state index contributed by atoms with van der Waals surface area (Å²) in [5.74, 6) is -1.27. The highest BCUT2D eigenvalue weighted by molar-refractivity contribution is 5.90.